The van der Waals surface area contributed by atoms with Crippen LogP contribution in [0.15, 0.2) is 30.3 Å². The van der Waals surface area contributed by atoms with Crippen LogP contribution >= 0.6 is 0 Å². The van der Waals surface area contributed by atoms with Gasteiger partial charge in [0.15, 0.2) is 0 Å². The molecule has 0 atom stereocenters. The summed E-state index contributed by atoms with van der Waals surface area (Å²) >= 11 is 0. The molecule has 16 heavy (non-hydrogen) atoms. The number of rotatable bonds is 5. The number of hydrogen-bond acceptors (Lipinski definition) is 2. The van der Waals surface area contributed by atoms with Gasteiger partial charge in [-0.1, -0.05) is 36.8 Å². The Kier molecular flexibility index (Phi) is 3.61. The number of hydrogen-bond donors (Lipinski definition) is 1. The fourth-order valence-electron chi connectivity index (χ4n) is 1.82. The van der Waals surface area contributed by atoms with Gasteiger partial charge in [-0.2, -0.15) is 0 Å². The molecule has 0 amide bonds. The first-order valence-electron chi connectivity index (χ1n) is 5.67. The minimum Gasteiger partial charge on any atom is -0.212 e. The molecular weight excluding hydrogens is 222 g/mol. The molecule has 1 aliphatic rings. The minimum atomic E-state index is -3.09. The lowest BCUT2D eigenvalue weighted by atomic mass is 9.87. The van der Waals surface area contributed by atoms with E-state index in [1.165, 1.54) is 6.42 Å². The third kappa shape index (κ3) is 3.32. The van der Waals surface area contributed by atoms with Gasteiger partial charge in [0.1, 0.15) is 0 Å². The molecule has 0 heterocycles. The van der Waals surface area contributed by atoms with Crippen LogP contribution in [-0.2, 0) is 16.6 Å². The Labute approximate surface area is 96.9 Å². The van der Waals surface area contributed by atoms with E-state index in [1.807, 2.05) is 30.3 Å². The Balaban J connectivity index is 1.84. The van der Waals surface area contributed by atoms with Gasteiger partial charge in [-0.25, -0.2) is 13.1 Å². The molecule has 0 spiro atoms. The molecule has 1 aromatic rings. The standard InChI is InChI=1S/C12H17NO2S/c14-16(15,10-12-7-4-8-12)13-9-11-5-2-1-3-6-11/h1-3,5-6,12-13H,4,7-10H2. The van der Waals surface area contributed by atoms with Crippen LogP contribution in [-0.4, -0.2) is 14.2 Å². The summed E-state index contributed by atoms with van der Waals surface area (Å²) in [6, 6.07) is 9.59. The SMILES string of the molecule is O=S(=O)(CC1CCC1)NCc1ccccc1. The quantitative estimate of drug-likeness (QED) is 0.853. The van der Waals surface area contributed by atoms with Crippen molar-refractivity contribution in [2.45, 2.75) is 25.8 Å². The van der Waals surface area contributed by atoms with Crippen molar-refractivity contribution in [2.24, 2.45) is 5.92 Å². The highest BCUT2D eigenvalue weighted by Crippen LogP contribution is 2.27. The second kappa shape index (κ2) is 4.97. The van der Waals surface area contributed by atoms with E-state index in [2.05, 4.69) is 4.72 Å². The van der Waals surface area contributed by atoms with Gasteiger partial charge in [-0.05, 0) is 24.3 Å². The van der Waals surface area contributed by atoms with Crippen molar-refractivity contribution in [2.75, 3.05) is 5.75 Å². The molecule has 1 N–H and O–H groups in total. The van der Waals surface area contributed by atoms with Gasteiger partial charge in [0.25, 0.3) is 0 Å². The first-order chi connectivity index (χ1) is 7.66. The second-order valence-electron chi connectivity index (χ2n) is 4.39. The van der Waals surface area contributed by atoms with Crippen molar-refractivity contribution in [3.05, 3.63) is 35.9 Å². The van der Waals surface area contributed by atoms with Crippen molar-refractivity contribution in [1.29, 1.82) is 0 Å². The van der Waals surface area contributed by atoms with Crippen LogP contribution in [0, 0.1) is 5.92 Å². The molecule has 2 rings (SSSR count). The van der Waals surface area contributed by atoms with E-state index in [-0.39, 0.29) is 0 Å². The van der Waals surface area contributed by atoms with Crippen LogP contribution in [0.3, 0.4) is 0 Å². The average molecular weight is 239 g/mol. The van der Waals surface area contributed by atoms with Gasteiger partial charge < -0.3 is 0 Å². The Bertz CT molecular complexity index is 424. The van der Waals surface area contributed by atoms with E-state index in [9.17, 15) is 8.42 Å². The maximum Gasteiger partial charge on any atom is 0.212 e. The topological polar surface area (TPSA) is 46.2 Å². The molecule has 3 nitrogen and oxygen atoms in total. The number of sulfonamides is 1. The maximum absolute atomic E-state index is 11.7. The number of benzene rings is 1. The highest BCUT2D eigenvalue weighted by atomic mass is 32.2. The molecule has 0 radical (unpaired) electrons. The summed E-state index contributed by atoms with van der Waals surface area (Å²) in [7, 11) is -3.09. The van der Waals surface area contributed by atoms with Gasteiger partial charge >= 0.3 is 0 Å². The fraction of sp³-hybridized carbons (Fsp3) is 0.500. The third-order valence-corrected chi connectivity index (χ3v) is 4.51. The van der Waals surface area contributed by atoms with Gasteiger partial charge in [0.2, 0.25) is 10.0 Å². The van der Waals surface area contributed by atoms with Crippen molar-refractivity contribution in [1.82, 2.24) is 4.72 Å². The molecule has 0 unspecified atom stereocenters. The predicted molar refractivity (Wildman–Crippen MR) is 64.4 cm³/mol. The van der Waals surface area contributed by atoms with Gasteiger partial charge in [-0.15, -0.1) is 0 Å². The zero-order valence-electron chi connectivity index (χ0n) is 9.22. The lowest BCUT2D eigenvalue weighted by Gasteiger charge is -2.24. The van der Waals surface area contributed by atoms with Crippen molar-refractivity contribution in [3.63, 3.8) is 0 Å². The Morgan fingerprint density at radius 1 is 1.19 bits per heavy atom. The monoisotopic (exact) mass is 239 g/mol. The summed E-state index contributed by atoms with van der Waals surface area (Å²) in [6.07, 6.45) is 3.30. The first kappa shape index (κ1) is 11.6. The van der Waals surface area contributed by atoms with Crippen LogP contribution in [0.25, 0.3) is 0 Å². The lowest BCUT2D eigenvalue weighted by molar-refractivity contribution is 0.346. The zero-order valence-corrected chi connectivity index (χ0v) is 10.0. The summed E-state index contributed by atoms with van der Waals surface area (Å²) < 4.78 is 26.0. The van der Waals surface area contributed by atoms with Crippen molar-refractivity contribution < 1.29 is 8.42 Å². The molecule has 0 aromatic heterocycles. The van der Waals surface area contributed by atoms with Gasteiger partial charge in [0.05, 0.1) is 5.75 Å². The van der Waals surface area contributed by atoms with Crippen molar-refractivity contribution >= 4 is 10.0 Å². The summed E-state index contributed by atoms with van der Waals surface area (Å²) in [4.78, 5) is 0. The molecule has 0 aliphatic heterocycles. The molecule has 0 saturated heterocycles. The van der Waals surface area contributed by atoms with Crippen LogP contribution in [0.1, 0.15) is 24.8 Å². The Hall–Kier alpha value is -0.870. The fourth-order valence-corrected chi connectivity index (χ4v) is 3.28. The molecule has 1 saturated carbocycles. The Morgan fingerprint density at radius 3 is 2.44 bits per heavy atom. The van der Waals surface area contributed by atoms with E-state index >= 15 is 0 Å². The normalized spacial score (nSPS) is 17.0. The second-order valence-corrected chi connectivity index (χ2v) is 6.24. The van der Waals surface area contributed by atoms with E-state index in [0.717, 1.165) is 18.4 Å². The molecule has 1 aliphatic carbocycles. The van der Waals surface area contributed by atoms with Crippen LogP contribution in [0.4, 0.5) is 0 Å². The summed E-state index contributed by atoms with van der Waals surface area (Å²) in [5, 5.41) is 0. The summed E-state index contributed by atoms with van der Waals surface area (Å²) in [5.41, 5.74) is 1.000. The lowest BCUT2D eigenvalue weighted by Crippen LogP contribution is -2.31. The van der Waals surface area contributed by atoms with Crippen molar-refractivity contribution in [3.8, 4) is 0 Å². The van der Waals surface area contributed by atoms with Gasteiger partial charge in [-0.3, -0.25) is 0 Å². The van der Waals surface area contributed by atoms with E-state index in [1.54, 1.807) is 0 Å². The highest BCUT2D eigenvalue weighted by Gasteiger charge is 2.23. The molecule has 88 valence electrons. The Morgan fingerprint density at radius 2 is 1.88 bits per heavy atom. The molecule has 4 heteroatoms. The maximum atomic E-state index is 11.7. The van der Waals surface area contributed by atoms with E-state index in [4.69, 9.17) is 0 Å². The number of nitrogens with one attached hydrogen (secondary N) is 1. The van der Waals surface area contributed by atoms with E-state index in [0.29, 0.717) is 18.2 Å². The highest BCUT2D eigenvalue weighted by molar-refractivity contribution is 7.89. The molecule has 1 aromatic carbocycles. The minimum absolute atomic E-state index is 0.292. The zero-order chi connectivity index (χ0) is 11.4. The average Bonchev–Trinajstić information content (AvgIpc) is 2.23. The largest absolute Gasteiger partial charge is 0.212 e. The van der Waals surface area contributed by atoms with Gasteiger partial charge in [0, 0.05) is 6.54 Å². The predicted octanol–water partition coefficient (Wildman–Crippen LogP) is 1.91. The summed E-state index contributed by atoms with van der Waals surface area (Å²) in [5.74, 6) is 0.674. The molecular formula is C12H17NO2S. The van der Waals surface area contributed by atoms with Crippen LogP contribution in [0.5, 0.6) is 0 Å². The third-order valence-electron chi connectivity index (χ3n) is 3.02. The van der Waals surface area contributed by atoms with Crippen LogP contribution < -0.4 is 4.72 Å². The first-order valence-corrected chi connectivity index (χ1v) is 7.32. The molecule has 0 bridgehead atoms. The smallest absolute Gasteiger partial charge is 0.212 e. The summed E-state index contributed by atoms with van der Waals surface area (Å²) in [6.45, 7) is 0.399. The van der Waals surface area contributed by atoms with Crippen LogP contribution in [0.2, 0.25) is 0 Å². The molecule has 1 fully saturated rings. The van der Waals surface area contributed by atoms with E-state index < -0.39 is 10.0 Å².